The quantitative estimate of drug-likeness (QED) is 0.387. The van der Waals surface area contributed by atoms with Crippen molar-refractivity contribution in [2.45, 2.75) is 26.9 Å². The second kappa shape index (κ2) is 10.1. The molecule has 1 N–H and O–H groups in total. The van der Waals surface area contributed by atoms with Gasteiger partial charge in [0.15, 0.2) is 11.9 Å². The van der Waals surface area contributed by atoms with Gasteiger partial charge in [0.25, 0.3) is 5.91 Å². The Hall–Kier alpha value is -3.62. The highest BCUT2D eigenvalue weighted by molar-refractivity contribution is 5.97. The highest BCUT2D eigenvalue weighted by Crippen LogP contribution is 2.28. The lowest BCUT2D eigenvalue weighted by molar-refractivity contribution is -0.385. The molecule has 1 amide bonds. The van der Waals surface area contributed by atoms with Gasteiger partial charge in [0.2, 0.25) is 0 Å². The van der Waals surface area contributed by atoms with Gasteiger partial charge in [-0.1, -0.05) is 0 Å². The third-order valence-corrected chi connectivity index (χ3v) is 3.78. The molecule has 0 heterocycles. The molecule has 9 heteroatoms. The number of carbonyl (C=O) groups is 2. The van der Waals surface area contributed by atoms with Crippen LogP contribution in [-0.2, 0) is 9.53 Å². The van der Waals surface area contributed by atoms with Gasteiger partial charge >= 0.3 is 11.7 Å². The maximum atomic E-state index is 12.3. The van der Waals surface area contributed by atoms with E-state index in [1.807, 2.05) is 6.92 Å². The molecule has 2 aromatic rings. The van der Waals surface area contributed by atoms with Gasteiger partial charge in [-0.15, -0.1) is 0 Å². The van der Waals surface area contributed by atoms with Gasteiger partial charge < -0.3 is 19.5 Å². The highest BCUT2D eigenvalue weighted by atomic mass is 16.6. The molecule has 9 nitrogen and oxygen atoms in total. The Bertz CT molecular complexity index is 881. The molecule has 0 aliphatic rings. The molecule has 0 bridgehead atoms. The monoisotopic (exact) mass is 402 g/mol. The predicted octanol–water partition coefficient (Wildman–Crippen LogP) is 3.58. The normalized spacial score (nSPS) is 11.3. The van der Waals surface area contributed by atoms with Crippen molar-refractivity contribution < 1.29 is 28.7 Å². The summed E-state index contributed by atoms with van der Waals surface area (Å²) in [6, 6.07) is 10.5. The molecule has 0 fully saturated rings. The van der Waals surface area contributed by atoms with Crippen LogP contribution >= 0.6 is 0 Å². The summed E-state index contributed by atoms with van der Waals surface area (Å²) in [6.07, 6.45) is -1.11. The summed E-state index contributed by atoms with van der Waals surface area (Å²) in [6.45, 7) is 5.74. The number of hydrogen-bond acceptors (Lipinski definition) is 7. The van der Waals surface area contributed by atoms with E-state index in [1.54, 1.807) is 31.2 Å². The van der Waals surface area contributed by atoms with Crippen LogP contribution < -0.4 is 14.8 Å². The molecule has 0 radical (unpaired) electrons. The van der Waals surface area contributed by atoms with Crippen molar-refractivity contribution in [2.75, 3.05) is 18.5 Å². The van der Waals surface area contributed by atoms with Crippen LogP contribution in [0.3, 0.4) is 0 Å². The maximum absolute atomic E-state index is 12.3. The molecular formula is C20H22N2O7. The van der Waals surface area contributed by atoms with Gasteiger partial charge in [-0.05, 0) is 57.2 Å². The first kappa shape index (κ1) is 21.7. The molecule has 0 saturated carbocycles. The van der Waals surface area contributed by atoms with Gasteiger partial charge in [-0.3, -0.25) is 14.9 Å². The van der Waals surface area contributed by atoms with Crippen LogP contribution in [0.4, 0.5) is 11.4 Å². The lowest BCUT2D eigenvalue weighted by atomic mass is 10.2. The van der Waals surface area contributed by atoms with Crippen molar-refractivity contribution in [3.05, 3.63) is 58.1 Å². The van der Waals surface area contributed by atoms with E-state index in [9.17, 15) is 19.7 Å². The van der Waals surface area contributed by atoms with Gasteiger partial charge in [-0.25, -0.2) is 4.79 Å². The fraction of sp³-hybridized carbons (Fsp3) is 0.300. The van der Waals surface area contributed by atoms with Crippen molar-refractivity contribution in [3.63, 3.8) is 0 Å². The van der Waals surface area contributed by atoms with Crippen LogP contribution in [0.1, 0.15) is 31.1 Å². The minimum Gasteiger partial charge on any atom is -0.494 e. The number of carbonyl (C=O) groups excluding carboxylic acids is 2. The summed E-state index contributed by atoms with van der Waals surface area (Å²) in [7, 11) is 0. The number of esters is 1. The SMILES string of the molecule is CCOc1ccc(NC(=O)[C@@H](C)OC(=O)c2ccc(OCC)c([N+](=O)[O-])c2)cc1. The average molecular weight is 402 g/mol. The first-order valence-electron chi connectivity index (χ1n) is 9.01. The number of benzene rings is 2. The third-order valence-electron chi connectivity index (χ3n) is 3.78. The van der Waals surface area contributed by atoms with E-state index in [4.69, 9.17) is 14.2 Å². The molecule has 0 unspecified atom stereocenters. The number of nitro groups is 1. The zero-order valence-electron chi connectivity index (χ0n) is 16.3. The zero-order chi connectivity index (χ0) is 21.4. The first-order chi connectivity index (χ1) is 13.8. The number of hydrogen-bond donors (Lipinski definition) is 1. The predicted molar refractivity (Wildman–Crippen MR) is 105 cm³/mol. The topological polar surface area (TPSA) is 117 Å². The first-order valence-corrected chi connectivity index (χ1v) is 9.01. The summed E-state index contributed by atoms with van der Waals surface area (Å²) in [4.78, 5) is 35.1. The maximum Gasteiger partial charge on any atom is 0.339 e. The summed E-state index contributed by atoms with van der Waals surface area (Å²) in [5.41, 5.74) is 0.103. The molecule has 0 aromatic heterocycles. The Balaban J connectivity index is 2.02. The molecule has 0 aliphatic heterocycles. The molecule has 1 atom stereocenters. The lowest BCUT2D eigenvalue weighted by Gasteiger charge is -2.14. The minimum absolute atomic E-state index is 0.0512. The number of nitrogens with one attached hydrogen (secondary N) is 1. The molecule has 0 aliphatic carbocycles. The number of nitrogens with zero attached hydrogens (tertiary/aromatic N) is 1. The van der Waals surface area contributed by atoms with Crippen LogP contribution in [0.2, 0.25) is 0 Å². The number of amides is 1. The molecule has 2 aromatic carbocycles. The Morgan fingerprint density at radius 3 is 2.31 bits per heavy atom. The van der Waals surface area contributed by atoms with Crippen molar-refractivity contribution >= 4 is 23.3 Å². The number of nitro benzene ring substituents is 1. The van der Waals surface area contributed by atoms with Crippen LogP contribution in [0, 0.1) is 10.1 Å². The smallest absolute Gasteiger partial charge is 0.339 e. The molecule has 154 valence electrons. The van der Waals surface area contributed by atoms with Crippen LogP contribution in [0.15, 0.2) is 42.5 Å². The summed E-state index contributed by atoms with van der Waals surface area (Å²) < 4.78 is 15.6. The van der Waals surface area contributed by atoms with E-state index in [0.29, 0.717) is 18.0 Å². The molecule has 29 heavy (non-hydrogen) atoms. The van der Waals surface area contributed by atoms with E-state index in [0.717, 1.165) is 6.07 Å². The number of ether oxygens (including phenoxy) is 3. The zero-order valence-corrected chi connectivity index (χ0v) is 16.3. The Kier molecular flexibility index (Phi) is 7.53. The fourth-order valence-electron chi connectivity index (χ4n) is 2.39. The van der Waals surface area contributed by atoms with Crippen molar-refractivity contribution in [3.8, 4) is 11.5 Å². The standard InChI is InChI=1S/C20H22N2O7/c1-4-27-16-9-7-15(8-10-16)21-19(23)13(3)29-20(24)14-6-11-18(28-5-2)17(12-14)22(25)26/h6-13H,4-5H2,1-3H3,(H,21,23)/t13-/m1/s1. The van der Waals surface area contributed by atoms with Crippen molar-refractivity contribution in [2.24, 2.45) is 0 Å². The van der Waals surface area contributed by atoms with Gasteiger partial charge in [-0.2, -0.15) is 0 Å². The van der Waals surface area contributed by atoms with E-state index < -0.39 is 22.9 Å². The molecule has 2 rings (SSSR count). The number of anilines is 1. The number of rotatable bonds is 9. The van der Waals surface area contributed by atoms with Crippen molar-refractivity contribution in [1.82, 2.24) is 0 Å². The Morgan fingerprint density at radius 1 is 1.07 bits per heavy atom. The van der Waals surface area contributed by atoms with E-state index in [2.05, 4.69) is 5.32 Å². The van der Waals surface area contributed by atoms with Crippen LogP contribution in [0.25, 0.3) is 0 Å². The van der Waals surface area contributed by atoms with Gasteiger partial charge in [0, 0.05) is 11.8 Å². The van der Waals surface area contributed by atoms with E-state index in [1.165, 1.54) is 19.1 Å². The summed E-state index contributed by atoms with van der Waals surface area (Å²) in [5.74, 6) is -0.675. The second-order valence-electron chi connectivity index (χ2n) is 5.87. The lowest BCUT2D eigenvalue weighted by Crippen LogP contribution is -2.30. The van der Waals surface area contributed by atoms with Crippen LogP contribution in [-0.4, -0.2) is 36.1 Å². The van der Waals surface area contributed by atoms with Gasteiger partial charge in [0.05, 0.1) is 23.7 Å². The fourth-order valence-corrected chi connectivity index (χ4v) is 2.39. The average Bonchev–Trinajstić information content (AvgIpc) is 2.69. The minimum atomic E-state index is -1.11. The van der Waals surface area contributed by atoms with E-state index >= 15 is 0 Å². The molecule has 0 spiro atoms. The second-order valence-corrected chi connectivity index (χ2v) is 5.87. The summed E-state index contributed by atoms with van der Waals surface area (Å²) >= 11 is 0. The van der Waals surface area contributed by atoms with Gasteiger partial charge in [0.1, 0.15) is 5.75 Å². The van der Waals surface area contributed by atoms with E-state index in [-0.39, 0.29) is 23.6 Å². The largest absolute Gasteiger partial charge is 0.494 e. The van der Waals surface area contributed by atoms with Crippen LogP contribution in [0.5, 0.6) is 11.5 Å². The molecule has 0 saturated heterocycles. The Morgan fingerprint density at radius 2 is 1.72 bits per heavy atom. The summed E-state index contributed by atoms with van der Waals surface area (Å²) in [5, 5.41) is 13.8. The highest BCUT2D eigenvalue weighted by Gasteiger charge is 2.23. The van der Waals surface area contributed by atoms with Crippen molar-refractivity contribution in [1.29, 1.82) is 0 Å². The third kappa shape index (κ3) is 5.93. The molecular weight excluding hydrogens is 380 g/mol. The Labute approximate surface area is 167 Å².